The molecule has 0 unspecified atom stereocenters. The normalized spacial score (nSPS) is 17.2. The Hall–Kier alpha value is -6.26. The maximum atomic E-state index is 7.39. The van der Waals surface area contributed by atoms with E-state index in [2.05, 4.69) is 197 Å². The van der Waals surface area contributed by atoms with Gasteiger partial charge in [-0.15, -0.1) is 0 Å². The Balaban J connectivity index is 1.09. The zero-order valence-electron chi connectivity index (χ0n) is 40.9. The van der Waals surface area contributed by atoms with Crippen molar-refractivity contribution in [1.82, 2.24) is 0 Å². The molecular formula is C64H63BN2O. The summed E-state index contributed by atoms with van der Waals surface area (Å²) in [6, 6.07) is 56.7. The highest BCUT2D eigenvalue weighted by Gasteiger charge is 2.50. The van der Waals surface area contributed by atoms with Crippen LogP contribution in [0.1, 0.15) is 139 Å². The van der Waals surface area contributed by atoms with Gasteiger partial charge >= 0.3 is 0 Å². The molecule has 0 N–H and O–H groups in total. The fourth-order valence-corrected chi connectivity index (χ4v) is 13.5. The zero-order chi connectivity index (χ0) is 46.1. The topological polar surface area (TPSA) is 19.6 Å². The Bertz CT molecular complexity index is 3280. The second kappa shape index (κ2) is 15.4. The van der Waals surface area contributed by atoms with Crippen molar-refractivity contribution in [2.45, 2.75) is 128 Å². The van der Waals surface area contributed by atoms with Gasteiger partial charge in [0.2, 0.25) is 0 Å². The summed E-state index contributed by atoms with van der Waals surface area (Å²) in [5.74, 6) is 0.505. The molecule has 1 aromatic heterocycles. The molecule has 0 amide bonds. The molecular weight excluding hydrogens is 824 g/mol. The molecule has 4 heteroatoms. The van der Waals surface area contributed by atoms with Crippen LogP contribution in [0.3, 0.4) is 0 Å². The first-order valence-electron chi connectivity index (χ1n) is 25.9. The highest BCUT2D eigenvalue weighted by molar-refractivity contribution is 7.00. The summed E-state index contributed by atoms with van der Waals surface area (Å²) in [4.78, 5) is 5.31. The highest BCUT2D eigenvalue weighted by atomic mass is 16.3. The van der Waals surface area contributed by atoms with Gasteiger partial charge in [-0.1, -0.05) is 177 Å². The van der Waals surface area contributed by atoms with Crippen LogP contribution in [0.5, 0.6) is 0 Å². The number of anilines is 6. The molecule has 13 rings (SSSR count). The third-order valence-electron chi connectivity index (χ3n) is 17.0. The molecule has 2 aliphatic heterocycles. The zero-order valence-corrected chi connectivity index (χ0v) is 40.9. The maximum absolute atomic E-state index is 7.39. The Morgan fingerprint density at radius 2 is 1.18 bits per heavy atom. The van der Waals surface area contributed by atoms with Gasteiger partial charge in [-0.05, 0) is 146 Å². The third kappa shape index (κ3) is 6.31. The molecule has 3 heterocycles. The standard InChI is InChI=1S/C64H63BN2O/c1-62(2,3)45-30-26-42(27-31-45)43-28-33-47(34-29-43)66-53-35-32-46(63(4,5)6)40-52(53)65-59-55(66)38-44(41-18-9-7-10-19-41)39-56(59)67(60-49-21-12-14-25-57(49)68-61(60)65)54-24-17-23-51-58(54)48-20-11-13-22-50(48)64(51)36-15-8-16-37-64/h11-14,17,20-35,38-41H,7-10,15-16,18-19,36-37H2,1-6H3. The van der Waals surface area contributed by atoms with Gasteiger partial charge in [-0.25, -0.2) is 0 Å². The van der Waals surface area contributed by atoms with Crippen molar-refractivity contribution < 1.29 is 4.42 Å². The molecule has 2 fully saturated rings. The van der Waals surface area contributed by atoms with Gasteiger partial charge < -0.3 is 14.2 Å². The molecule has 1 spiro atoms. The molecule has 0 radical (unpaired) electrons. The largest absolute Gasteiger partial charge is 0.468 e. The van der Waals surface area contributed by atoms with Crippen LogP contribution in [-0.4, -0.2) is 6.71 Å². The summed E-state index contributed by atoms with van der Waals surface area (Å²) in [5.41, 5.74) is 24.7. The second-order valence-electron chi connectivity index (χ2n) is 23.0. The molecule has 0 saturated heterocycles. The van der Waals surface area contributed by atoms with Crippen molar-refractivity contribution in [3.8, 4) is 22.3 Å². The van der Waals surface area contributed by atoms with Crippen LogP contribution in [0, 0.1) is 0 Å². The van der Waals surface area contributed by atoms with E-state index in [4.69, 9.17) is 4.42 Å². The molecule has 7 aromatic carbocycles. The molecule has 0 bridgehead atoms. The van der Waals surface area contributed by atoms with Crippen molar-refractivity contribution in [3.63, 3.8) is 0 Å². The van der Waals surface area contributed by atoms with Gasteiger partial charge in [0.1, 0.15) is 5.58 Å². The molecule has 3 nitrogen and oxygen atoms in total. The highest BCUT2D eigenvalue weighted by Crippen LogP contribution is 2.60. The monoisotopic (exact) mass is 887 g/mol. The Labute approximate surface area is 404 Å². The fourth-order valence-electron chi connectivity index (χ4n) is 13.5. The SMILES string of the molecule is CC(C)(C)c1ccc(-c2ccc(N3c4ccc(C(C)(C)C)cc4B4c5oc6ccccc6c5N(c5cccc6c5-c5ccccc5C65CCCCC5)c5cc(C6CCCCC6)cc3c54)cc2)cc1. The molecule has 0 atom stereocenters. The van der Waals surface area contributed by atoms with Crippen LogP contribution >= 0.6 is 0 Å². The van der Waals surface area contributed by atoms with Crippen molar-refractivity contribution in [3.05, 3.63) is 173 Å². The predicted molar refractivity (Wildman–Crippen MR) is 288 cm³/mol. The van der Waals surface area contributed by atoms with Crippen LogP contribution in [0.2, 0.25) is 0 Å². The van der Waals surface area contributed by atoms with Crippen LogP contribution in [0.15, 0.2) is 150 Å². The first-order valence-corrected chi connectivity index (χ1v) is 25.9. The average molecular weight is 887 g/mol. The van der Waals surface area contributed by atoms with E-state index in [-0.39, 0.29) is 23.0 Å². The summed E-state index contributed by atoms with van der Waals surface area (Å²) in [6.45, 7) is 13.8. The van der Waals surface area contributed by atoms with Crippen LogP contribution in [-0.2, 0) is 16.2 Å². The van der Waals surface area contributed by atoms with Gasteiger partial charge in [-0.3, -0.25) is 0 Å². The molecule has 5 aliphatic rings. The van der Waals surface area contributed by atoms with E-state index in [0.717, 1.165) is 11.2 Å². The lowest BCUT2D eigenvalue weighted by Crippen LogP contribution is -2.61. The quantitative estimate of drug-likeness (QED) is 0.164. The lowest BCUT2D eigenvalue weighted by Gasteiger charge is -2.44. The van der Waals surface area contributed by atoms with E-state index in [9.17, 15) is 0 Å². The summed E-state index contributed by atoms with van der Waals surface area (Å²) < 4.78 is 7.39. The number of nitrogens with zero attached hydrogens (tertiary/aromatic N) is 2. The number of fused-ring (bicyclic) bond motifs is 11. The van der Waals surface area contributed by atoms with E-state index in [1.807, 2.05) is 0 Å². The molecule has 2 saturated carbocycles. The number of benzene rings is 7. The number of para-hydroxylation sites is 1. The Morgan fingerprint density at radius 3 is 1.91 bits per heavy atom. The van der Waals surface area contributed by atoms with Gasteiger partial charge in [0, 0.05) is 39.1 Å². The first-order chi connectivity index (χ1) is 33.0. The molecule has 3 aliphatic carbocycles. The Morgan fingerprint density at radius 1 is 0.544 bits per heavy atom. The summed E-state index contributed by atoms with van der Waals surface area (Å²) in [6.07, 6.45) is 12.6. The lowest BCUT2D eigenvalue weighted by molar-refractivity contribution is 0.353. The van der Waals surface area contributed by atoms with Gasteiger partial charge in [0.25, 0.3) is 6.71 Å². The molecule has 338 valence electrons. The van der Waals surface area contributed by atoms with E-state index in [1.54, 1.807) is 0 Å². The fraction of sp³-hybridized carbons (Fsp3) is 0.312. The number of furan rings is 1. The van der Waals surface area contributed by atoms with Crippen molar-refractivity contribution in [1.29, 1.82) is 0 Å². The summed E-state index contributed by atoms with van der Waals surface area (Å²) in [7, 11) is 0. The molecule has 8 aromatic rings. The summed E-state index contributed by atoms with van der Waals surface area (Å²) >= 11 is 0. The first kappa shape index (κ1) is 41.9. The van der Waals surface area contributed by atoms with Gasteiger partial charge in [-0.2, -0.15) is 0 Å². The minimum absolute atomic E-state index is 0.0392. The minimum atomic E-state index is -0.0954. The molecule has 68 heavy (non-hydrogen) atoms. The van der Waals surface area contributed by atoms with E-state index >= 15 is 0 Å². The van der Waals surface area contributed by atoms with E-state index in [0.29, 0.717) is 5.92 Å². The Kier molecular flexibility index (Phi) is 9.47. The van der Waals surface area contributed by atoms with Crippen molar-refractivity contribution >= 4 is 68.4 Å². The third-order valence-corrected chi connectivity index (χ3v) is 17.0. The van der Waals surface area contributed by atoms with E-state index < -0.39 is 0 Å². The predicted octanol–water partition coefficient (Wildman–Crippen LogP) is 16.1. The number of hydrogen-bond acceptors (Lipinski definition) is 3. The van der Waals surface area contributed by atoms with Gasteiger partial charge in [0.05, 0.1) is 17.0 Å². The maximum Gasteiger partial charge on any atom is 0.297 e. The lowest BCUT2D eigenvalue weighted by atomic mass is 9.35. The van der Waals surface area contributed by atoms with Gasteiger partial charge in [0.15, 0.2) is 0 Å². The summed E-state index contributed by atoms with van der Waals surface area (Å²) in [5, 5.41) is 1.18. The van der Waals surface area contributed by atoms with Crippen LogP contribution in [0.25, 0.3) is 33.2 Å². The van der Waals surface area contributed by atoms with Crippen LogP contribution < -0.4 is 26.4 Å². The smallest absolute Gasteiger partial charge is 0.297 e. The number of rotatable bonds is 4. The van der Waals surface area contributed by atoms with E-state index in [1.165, 1.54) is 165 Å². The number of hydrogen-bond donors (Lipinski definition) is 0. The van der Waals surface area contributed by atoms with Crippen LogP contribution in [0.4, 0.5) is 34.1 Å². The minimum Gasteiger partial charge on any atom is -0.468 e. The average Bonchev–Trinajstić information content (AvgIpc) is 3.87. The second-order valence-corrected chi connectivity index (χ2v) is 23.0. The van der Waals surface area contributed by atoms with Crippen molar-refractivity contribution in [2.24, 2.45) is 0 Å². The van der Waals surface area contributed by atoms with Crippen molar-refractivity contribution in [2.75, 3.05) is 9.80 Å².